The molecular weight excluding hydrogens is 296 g/mol. The van der Waals surface area contributed by atoms with E-state index >= 15 is 0 Å². The van der Waals surface area contributed by atoms with Crippen molar-refractivity contribution in [3.8, 4) is 22.3 Å². The van der Waals surface area contributed by atoms with Crippen LogP contribution in [0.5, 0.6) is 0 Å². The van der Waals surface area contributed by atoms with Crippen molar-refractivity contribution in [1.29, 1.82) is 0 Å². The summed E-state index contributed by atoms with van der Waals surface area (Å²) in [6.45, 7) is 0.539. The quantitative estimate of drug-likeness (QED) is 0.706. The Labute approximate surface area is 135 Å². The molecule has 0 bridgehead atoms. The van der Waals surface area contributed by atoms with Crippen molar-refractivity contribution in [2.24, 2.45) is 7.05 Å². The van der Waals surface area contributed by atoms with Gasteiger partial charge in [0.25, 0.3) is 0 Å². The van der Waals surface area contributed by atoms with Crippen LogP contribution in [0.1, 0.15) is 5.69 Å². The van der Waals surface area contributed by atoms with E-state index in [-0.39, 0.29) is 0 Å². The van der Waals surface area contributed by atoms with Crippen molar-refractivity contribution in [2.75, 3.05) is 7.11 Å². The number of halogens is 1. The zero-order valence-corrected chi connectivity index (χ0v) is 13.3. The largest absolute Gasteiger partial charge is 0.378 e. The highest BCUT2D eigenvalue weighted by Gasteiger charge is 2.11. The van der Waals surface area contributed by atoms with Gasteiger partial charge < -0.3 is 4.74 Å². The van der Waals surface area contributed by atoms with Crippen LogP contribution < -0.4 is 0 Å². The van der Waals surface area contributed by atoms with Gasteiger partial charge in [0, 0.05) is 24.7 Å². The lowest BCUT2D eigenvalue weighted by Gasteiger charge is -2.08. The van der Waals surface area contributed by atoms with E-state index in [4.69, 9.17) is 16.3 Å². The van der Waals surface area contributed by atoms with E-state index in [0.717, 1.165) is 33.0 Å². The van der Waals surface area contributed by atoms with Crippen molar-refractivity contribution in [2.45, 2.75) is 6.61 Å². The molecule has 0 fully saturated rings. The topological polar surface area (TPSA) is 27.1 Å². The normalized spacial score (nSPS) is 10.9. The van der Waals surface area contributed by atoms with Crippen LogP contribution in [0.15, 0.2) is 54.7 Å². The molecule has 22 heavy (non-hydrogen) atoms. The molecule has 0 aliphatic heterocycles. The molecule has 3 nitrogen and oxygen atoms in total. The summed E-state index contributed by atoms with van der Waals surface area (Å²) in [5, 5.41) is 5.09. The summed E-state index contributed by atoms with van der Waals surface area (Å²) in [4.78, 5) is 0. The zero-order valence-electron chi connectivity index (χ0n) is 12.6. The number of methoxy groups -OCH3 is 1. The third-order valence-corrected chi connectivity index (χ3v) is 3.95. The first-order valence-corrected chi connectivity index (χ1v) is 7.43. The molecule has 0 atom stereocenters. The first kappa shape index (κ1) is 14.8. The molecule has 0 aliphatic carbocycles. The van der Waals surface area contributed by atoms with E-state index in [2.05, 4.69) is 29.4 Å². The second-order valence-electron chi connectivity index (χ2n) is 5.15. The third kappa shape index (κ3) is 2.91. The Hall–Kier alpha value is -2.10. The van der Waals surface area contributed by atoms with Crippen molar-refractivity contribution < 1.29 is 4.74 Å². The number of aromatic nitrogens is 2. The molecule has 1 aromatic heterocycles. The molecular formula is C18H17ClN2O. The van der Waals surface area contributed by atoms with Gasteiger partial charge in [-0.3, -0.25) is 4.68 Å². The summed E-state index contributed by atoms with van der Waals surface area (Å²) in [5.74, 6) is 0. The average molecular weight is 313 g/mol. The smallest absolute Gasteiger partial charge is 0.0887 e. The Morgan fingerprint density at radius 3 is 2.50 bits per heavy atom. The van der Waals surface area contributed by atoms with Gasteiger partial charge in [-0.25, -0.2) is 0 Å². The van der Waals surface area contributed by atoms with Gasteiger partial charge in [0.05, 0.1) is 18.5 Å². The predicted molar refractivity (Wildman–Crippen MR) is 89.8 cm³/mol. The third-order valence-electron chi connectivity index (χ3n) is 3.69. The van der Waals surface area contributed by atoms with Crippen LogP contribution in [0, 0.1) is 0 Å². The summed E-state index contributed by atoms with van der Waals surface area (Å²) >= 11 is 5.96. The minimum Gasteiger partial charge on any atom is -0.378 e. The van der Waals surface area contributed by atoms with Crippen molar-refractivity contribution in [1.82, 2.24) is 9.78 Å². The second-order valence-corrected chi connectivity index (χ2v) is 5.59. The lowest BCUT2D eigenvalue weighted by Crippen LogP contribution is -2.00. The molecule has 0 radical (unpaired) electrons. The van der Waals surface area contributed by atoms with Gasteiger partial charge in [-0.15, -0.1) is 0 Å². The first-order chi connectivity index (χ1) is 10.7. The number of hydrogen-bond donors (Lipinski definition) is 0. The van der Waals surface area contributed by atoms with Crippen molar-refractivity contribution in [3.05, 3.63) is 65.4 Å². The number of rotatable bonds is 4. The van der Waals surface area contributed by atoms with E-state index in [1.807, 2.05) is 42.2 Å². The Morgan fingerprint density at radius 1 is 1.05 bits per heavy atom. The van der Waals surface area contributed by atoms with Crippen molar-refractivity contribution >= 4 is 11.6 Å². The first-order valence-electron chi connectivity index (χ1n) is 7.05. The molecule has 0 amide bonds. The number of nitrogens with zero attached hydrogens (tertiary/aromatic N) is 2. The minimum atomic E-state index is 0.539. The van der Waals surface area contributed by atoms with Gasteiger partial charge in [0.15, 0.2) is 0 Å². The molecule has 0 saturated heterocycles. The van der Waals surface area contributed by atoms with Gasteiger partial charge in [-0.1, -0.05) is 41.9 Å². The Bertz CT molecular complexity index is 778. The summed E-state index contributed by atoms with van der Waals surface area (Å²) in [7, 11) is 3.63. The summed E-state index contributed by atoms with van der Waals surface area (Å²) in [6.07, 6.45) is 1.88. The van der Waals surface area contributed by atoms with Crippen LogP contribution in [0.25, 0.3) is 22.3 Å². The Kier molecular flexibility index (Phi) is 4.27. The molecule has 0 aliphatic rings. The molecule has 112 valence electrons. The van der Waals surface area contributed by atoms with E-state index in [1.165, 1.54) is 0 Å². The monoisotopic (exact) mass is 312 g/mol. The number of hydrogen-bond acceptors (Lipinski definition) is 2. The maximum atomic E-state index is 5.96. The van der Waals surface area contributed by atoms with E-state index < -0.39 is 0 Å². The molecule has 4 heteroatoms. The maximum absolute atomic E-state index is 5.96. The summed E-state index contributed by atoms with van der Waals surface area (Å²) in [6, 6.07) is 16.3. The zero-order chi connectivity index (χ0) is 15.5. The van der Waals surface area contributed by atoms with Crippen LogP contribution in [0.3, 0.4) is 0 Å². The molecule has 0 spiro atoms. The van der Waals surface area contributed by atoms with E-state index in [0.29, 0.717) is 6.61 Å². The van der Waals surface area contributed by atoms with Crippen molar-refractivity contribution in [3.63, 3.8) is 0 Å². The molecule has 3 aromatic rings. The fourth-order valence-corrected chi connectivity index (χ4v) is 2.65. The van der Waals surface area contributed by atoms with E-state index in [1.54, 1.807) is 7.11 Å². The van der Waals surface area contributed by atoms with Crippen LogP contribution in [-0.2, 0) is 18.4 Å². The molecule has 0 N–H and O–H groups in total. The van der Waals surface area contributed by atoms with Crippen LogP contribution >= 0.6 is 11.6 Å². The molecule has 0 saturated carbocycles. The Balaban J connectivity index is 2.03. The lowest BCUT2D eigenvalue weighted by atomic mass is 9.99. The minimum absolute atomic E-state index is 0.539. The fraction of sp³-hybridized carbons (Fsp3) is 0.167. The average Bonchev–Trinajstić information content (AvgIpc) is 2.90. The molecule has 0 unspecified atom stereocenters. The molecule has 3 rings (SSSR count). The van der Waals surface area contributed by atoms with Gasteiger partial charge in [-0.05, 0) is 34.9 Å². The second kappa shape index (κ2) is 6.34. The van der Waals surface area contributed by atoms with Crippen LogP contribution in [0.2, 0.25) is 5.02 Å². The SMILES string of the molecule is COCc1c(-c2cccc(-c3ccc(Cl)cc3)c2)cnn1C. The Morgan fingerprint density at radius 2 is 1.77 bits per heavy atom. The standard InChI is InChI=1S/C18H17ClN2O/c1-21-18(12-22-2)17(11-20-21)15-5-3-4-14(10-15)13-6-8-16(19)9-7-13/h3-11H,12H2,1-2H3. The van der Waals surface area contributed by atoms with Gasteiger partial charge in [-0.2, -0.15) is 5.10 Å². The molecule has 1 heterocycles. The highest BCUT2D eigenvalue weighted by atomic mass is 35.5. The lowest BCUT2D eigenvalue weighted by molar-refractivity contribution is 0.178. The van der Waals surface area contributed by atoms with Crippen LogP contribution in [-0.4, -0.2) is 16.9 Å². The highest BCUT2D eigenvalue weighted by molar-refractivity contribution is 6.30. The summed E-state index contributed by atoms with van der Waals surface area (Å²) in [5.41, 5.74) is 5.59. The van der Waals surface area contributed by atoms with Gasteiger partial charge >= 0.3 is 0 Å². The number of ether oxygens (including phenoxy) is 1. The fourth-order valence-electron chi connectivity index (χ4n) is 2.52. The predicted octanol–water partition coefficient (Wildman–Crippen LogP) is 4.55. The molecule has 2 aromatic carbocycles. The number of benzene rings is 2. The summed E-state index contributed by atoms with van der Waals surface area (Å²) < 4.78 is 7.14. The van der Waals surface area contributed by atoms with Gasteiger partial charge in [0.1, 0.15) is 0 Å². The number of aryl methyl sites for hydroxylation is 1. The maximum Gasteiger partial charge on any atom is 0.0887 e. The van der Waals surface area contributed by atoms with Crippen LogP contribution in [0.4, 0.5) is 0 Å². The highest BCUT2D eigenvalue weighted by Crippen LogP contribution is 2.29. The van der Waals surface area contributed by atoms with E-state index in [9.17, 15) is 0 Å². The van der Waals surface area contributed by atoms with Gasteiger partial charge in [0.2, 0.25) is 0 Å².